The van der Waals surface area contributed by atoms with Crippen LogP contribution < -0.4 is 5.73 Å². The van der Waals surface area contributed by atoms with Crippen molar-refractivity contribution in [1.29, 1.82) is 0 Å². The average Bonchev–Trinajstić information content (AvgIpc) is 2.50. The Morgan fingerprint density at radius 3 is 2.29 bits per heavy atom. The van der Waals surface area contributed by atoms with E-state index in [2.05, 4.69) is 19.0 Å². The molecule has 0 aromatic rings. The predicted octanol–water partition coefficient (Wildman–Crippen LogP) is 3.10. The first-order valence-electron chi connectivity index (χ1n) is 7.37. The number of oxime groups is 1. The fourth-order valence-corrected chi connectivity index (χ4v) is 3.87. The van der Waals surface area contributed by atoms with Gasteiger partial charge in [-0.25, -0.2) is 4.79 Å². The number of nitrogens with two attached hydrogens (primary N) is 1. The van der Waals surface area contributed by atoms with Crippen LogP contribution >= 0.6 is 0 Å². The van der Waals surface area contributed by atoms with Crippen LogP contribution in [0.15, 0.2) is 5.16 Å². The number of carbonyl (C=O) groups is 1. The smallest absolute Gasteiger partial charge is 0.408 e. The zero-order chi connectivity index (χ0) is 16.6. The fraction of sp³-hybridized carbons (Fsp3) is 0.867. The lowest BCUT2D eigenvalue weighted by Crippen LogP contribution is -2.63. The Morgan fingerprint density at radius 1 is 1.38 bits per heavy atom. The van der Waals surface area contributed by atoms with Crippen molar-refractivity contribution in [1.82, 2.24) is 4.90 Å². The molecule has 0 aromatic carbocycles. The van der Waals surface area contributed by atoms with Crippen LogP contribution in [0, 0.1) is 11.3 Å². The second kappa shape index (κ2) is 5.39. The predicted molar refractivity (Wildman–Crippen MR) is 82.6 cm³/mol. The average molecular weight is 299 g/mol. The summed E-state index contributed by atoms with van der Waals surface area (Å²) in [4.78, 5) is 13.4. The van der Waals surface area contributed by atoms with Gasteiger partial charge in [-0.3, -0.25) is 4.90 Å². The number of nitrogens with zero attached hydrogens (tertiary/aromatic N) is 2. The van der Waals surface area contributed by atoms with E-state index in [-0.39, 0.29) is 17.2 Å². The van der Waals surface area contributed by atoms with E-state index in [1.54, 1.807) is 4.90 Å². The minimum Gasteiger partial charge on any atom is -0.465 e. The molecule has 0 aliphatic heterocycles. The van der Waals surface area contributed by atoms with Gasteiger partial charge in [-0.2, -0.15) is 0 Å². The lowest BCUT2D eigenvalue weighted by molar-refractivity contribution is -0.0351. The summed E-state index contributed by atoms with van der Waals surface area (Å²) in [6, 6.07) is 0. The summed E-state index contributed by atoms with van der Waals surface area (Å²) < 4.78 is 0. The van der Waals surface area contributed by atoms with Crippen molar-refractivity contribution in [2.75, 3.05) is 0 Å². The molecule has 1 amide bonds. The van der Waals surface area contributed by atoms with Crippen LogP contribution in [0.25, 0.3) is 0 Å². The molecule has 0 radical (unpaired) electrons. The van der Waals surface area contributed by atoms with E-state index in [4.69, 9.17) is 10.9 Å². The van der Waals surface area contributed by atoms with Crippen molar-refractivity contribution in [3.8, 4) is 0 Å². The highest BCUT2D eigenvalue weighted by Gasteiger charge is 2.58. The zero-order valence-corrected chi connectivity index (χ0v) is 14.0. The molecule has 0 heterocycles. The number of amides is 1. The van der Waals surface area contributed by atoms with Crippen molar-refractivity contribution in [3.05, 3.63) is 0 Å². The van der Waals surface area contributed by atoms with Crippen LogP contribution in [0.4, 0.5) is 4.79 Å². The topological polar surface area (TPSA) is 99.2 Å². The third-order valence-corrected chi connectivity index (χ3v) is 5.33. The molecule has 21 heavy (non-hydrogen) atoms. The van der Waals surface area contributed by atoms with Crippen molar-refractivity contribution < 1.29 is 15.1 Å². The van der Waals surface area contributed by atoms with Crippen molar-refractivity contribution in [2.24, 2.45) is 22.2 Å². The van der Waals surface area contributed by atoms with Gasteiger partial charge in [0.1, 0.15) is 5.84 Å². The van der Waals surface area contributed by atoms with Crippen molar-refractivity contribution in [3.63, 3.8) is 0 Å². The summed E-state index contributed by atoms with van der Waals surface area (Å²) in [6.07, 6.45) is 1.21. The molecule has 1 aliphatic carbocycles. The summed E-state index contributed by atoms with van der Waals surface area (Å²) in [7, 11) is 0. The lowest BCUT2D eigenvalue weighted by Gasteiger charge is -2.53. The zero-order valence-electron chi connectivity index (χ0n) is 14.0. The standard InChI is InChI=1S/C15H29N3O3/c1-13(2,3)18(12(19)20)15(6)8-7-10(14(15,4)5)9-11(16)17-21/h10,21H,7-9H2,1-6H3,(H2,16,17)(H,19,20)/t10-,15-/m0/s1. The van der Waals surface area contributed by atoms with Gasteiger partial charge in [0.15, 0.2) is 0 Å². The van der Waals surface area contributed by atoms with Gasteiger partial charge < -0.3 is 16.0 Å². The van der Waals surface area contributed by atoms with Crippen molar-refractivity contribution in [2.45, 2.75) is 71.9 Å². The molecule has 0 saturated heterocycles. The highest BCUT2D eigenvalue weighted by Crippen LogP contribution is 2.55. The van der Waals surface area contributed by atoms with E-state index in [0.717, 1.165) is 12.8 Å². The normalized spacial score (nSPS) is 29.4. The van der Waals surface area contributed by atoms with Crippen LogP contribution in [0.3, 0.4) is 0 Å². The number of amidine groups is 1. The highest BCUT2D eigenvalue weighted by molar-refractivity contribution is 5.80. The third kappa shape index (κ3) is 2.94. The second-order valence-electron chi connectivity index (χ2n) is 7.82. The molecule has 0 spiro atoms. The van der Waals surface area contributed by atoms with Gasteiger partial charge in [0.2, 0.25) is 0 Å². The summed E-state index contributed by atoms with van der Waals surface area (Å²) in [5.41, 5.74) is 4.41. The van der Waals surface area contributed by atoms with Crippen molar-refractivity contribution >= 4 is 11.9 Å². The first-order valence-corrected chi connectivity index (χ1v) is 7.37. The van der Waals surface area contributed by atoms with Gasteiger partial charge in [-0.15, -0.1) is 0 Å². The molecule has 4 N–H and O–H groups in total. The van der Waals surface area contributed by atoms with E-state index >= 15 is 0 Å². The summed E-state index contributed by atoms with van der Waals surface area (Å²) in [6.45, 7) is 11.9. The van der Waals surface area contributed by atoms with E-state index in [9.17, 15) is 9.90 Å². The third-order valence-electron chi connectivity index (χ3n) is 5.33. The molecule has 1 rings (SSSR count). The van der Waals surface area contributed by atoms with Crippen LogP contribution in [0.1, 0.15) is 60.8 Å². The number of carboxylic acid groups (broad SMARTS) is 1. The Hall–Kier alpha value is -1.46. The van der Waals surface area contributed by atoms with Crippen LogP contribution in [-0.4, -0.2) is 38.2 Å². The quantitative estimate of drug-likeness (QED) is 0.323. The first kappa shape index (κ1) is 17.6. The van der Waals surface area contributed by atoms with Crippen LogP contribution in [0.5, 0.6) is 0 Å². The molecule has 122 valence electrons. The van der Waals surface area contributed by atoms with Crippen LogP contribution in [-0.2, 0) is 0 Å². The molecule has 1 saturated carbocycles. The van der Waals surface area contributed by atoms with Gasteiger partial charge in [0, 0.05) is 17.5 Å². The molecule has 2 atom stereocenters. The molecule has 6 heteroatoms. The molecule has 0 bridgehead atoms. The van der Waals surface area contributed by atoms with Gasteiger partial charge in [0.05, 0.1) is 0 Å². The molecular weight excluding hydrogens is 270 g/mol. The largest absolute Gasteiger partial charge is 0.465 e. The van der Waals surface area contributed by atoms with E-state index < -0.39 is 17.2 Å². The minimum absolute atomic E-state index is 0.183. The monoisotopic (exact) mass is 299 g/mol. The Kier molecular flexibility index (Phi) is 4.51. The Bertz CT molecular complexity index is 440. The van der Waals surface area contributed by atoms with Gasteiger partial charge in [-0.05, 0) is 51.9 Å². The summed E-state index contributed by atoms with van der Waals surface area (Å²) in [5, 5.41) is 21.6. The molecule has 1 fully saturated rings. The summed E-state index contributed by atoms with van der Waals surface area (Å²) in [5.74, 6) is 0.387. The highest BCUT2D eigenvalue weighted by atomic mass is 16.4. The number of rotatable bonds is 3. The molecular formula is C15H29N3O3. The Balaban J connectivity index is 3.20. The summed E-state index contributed by atoms with van der Waals surface area (Å²) >= 11 is 0. The molecule has 0 aromatic heterocycles. The van der Waals surface area contributed by atoms with E-state index in [1.165, 1.54) is 0 Å². The minimum atomic E-state index is -0.900. The Labute approximate surface area is 127 Å². The van der Waals surface area contributed by atoms with E-state index in [0.29, 0.717) is 6.42 Å². The van der Waals surface area contributed by atoms with Crippen LogP contribution in [0.2, 0.25) is 0 Å². The maximum atomic E-state index is 11.8. The fourth-order valence-electron chi connectivity index (χ4n) is 3.87. The van der Waals surface area contributed by atoms with Gasteiger partial charge in [0.25, 0.3) is 0 Å². The molecule has 6 nitrogen and oxygen atoms in total. The maximum absolute atomic E-state index is 11.8. The number of hydrogen-bond donors (Lipinski definition) is 3. The van der Waals surface area contributed by atoms with Gasteiger partial charge in [-0.1, -0.05) is 19.0 Å². The van der Waals surface area contributed by atoms with E-state index in [1.807, 2.05) is 27.7 Å². The first-order chi connectivity index (χ1) is 9.38. The molecule has 1 aliphatic rings. The SMILES string of the molecule is CC(C)(C)N(C(=O)O)[C@@]1(C)CC[C@@H](C/C(N)=N/O)C1(C)C. The Morgan fingerprint density at radius 2 is 1.90 bits per heavy atom. The maximum Gasteiger partial charge on any atom is 0.408 e. The second-order valence-corrected chi connectivity index (χ2v) is 7.82. The van der Waals surface area contributed by atoms with Gasteiger partial charge >= 0.3 is 6.09 Å². The number of hydrogen-bond acceptors (Lipinski definition) is 3. The lowest BCUT2D eigenvalue weighted by atomic mass is 9.68. The molecule has 0 unspecified atom stereocenters.